The number of amides is 1. The first-order valence-electron chi connectivity index (χ1n) is 8.83. The summed E-state index contributed by atoms with van der Waals surface area (Å²) in [5.41, 5.74) is 0.812. The lowest BCUT2D eigenvalue weighted by atomic mass is 9.92. The van der Waals surface area contributed by atoms with Crippen LogP contribution in [0.25, 0.3) is 0 Å². The van der Waals surface area contributed by atoms with E-state index in [-0.39, 0.29) is 22.4 Å². The number of anilines is 1. The van der Waals surface area contributed by atoms with Gasteiger partial charge in [-0.05, 0) is 37.7 Å². The summed E-state index contributed by atoms with van der Waals surface area (Å²) in [4.78, 5) is 27.6. The second-order valence-corrected chi connectivity index (χ2v) is 7.01. The molecular weight excluding hydrogens is 306 g/mol. The van der Waals surface area contributed by atoms with Crippen molar-refractivity contribution in [2.45, 2.75) is 32.6 Å². The first-order chi connectivity index (χ1) is 11.6. The Hall–Kier alpha value is -2.11. The first-order valence-corrected chi connectivity index (χ1v) is 8.83. The zero-order chi connectivity index (χ0) is 17.1. The molecule has 0 bridgehead atoms. The summed E-state index contributed by atoms with van der Waals surface area (Å²) in [6.45, 7) is 5.40. The summed E-state index contributed by atoms with van der Waals surface area (Å²) >= 11 is 0. The predicted octanol–water partition coefficient (Wildman–Crippen LogP) is 3.07. The highest BCUT2D eigenvalue weighted by Crippen LogP contribution is 2.32. The second kappa shape index (κ2) is 7.20. The average molecular weight is 331 g/mol. The van der Waals surface area contributed by atoms with Crippen molar-refractivity contribution < 1.29 is 9.72 Å². The number of piperidine rings is 2. The molecule has 24 heavy (non-hydrogen) atoms. The van der Waals surface area contributed by atoms with Crippen LogP contribution in [0, 0.1) is 22.0 Å². The second-order valence-electron chi connectivity index (χ2n) is 7.01. The minimum Gasteiger partial charge on any atom is -0.366 e. The molecule has 0 aliphatic carbocycles. The van der Waals surface area contributed by atoms with Gasteiger partial charge in [-0.15, -0.1) is 0 Å². The van der Waals surface area contributed by atoms with E-state index in [9.17, 15) is 14.9 Å². The topological polar surface area (TPSA) is 66.7 Å². The molecule has 130 valence electrons. The Labute approximate surface area is 142 Å². The van der Waals surface area contributed by atoms with E-state index in [1.807, 2.05) is 15.9 Å². The van der Waals surface area contributed by atoms with E-state index in [0.29, 0.717) is 18.8 Å². The molecule has 0 N–H and O–H groups in total. The molecular formula is C18H25N3O3. The number of para-hydroxylation sites is 2. The third-order valence-corrected chi connectivity index (χ3v) is 5.36. The van der Waals surface area contributed by atoms with Crippen LogP contribution < -0.4 is 4.90 Å². The zero-order valence-electron chi connectivity index (χ0n) is 14.2. The Morgan fingerprint density at radius 2 is 1.71 bits per heavy atom. The van der Waals surface area contributed by atoms with Crippen molar-refractivity contribution in [3.63, 3.8) is 0 Å². The number of hydrogen-bond donors (Lipinski definition) is 0. The number of hydrogen-bond acceptors (Lipinski definition) is 4. The van der Waals surface area contributed by atoms with Gasteiger partial charge in [-0.2, -0.15) is 0 Å². The number of nitrogens with zero attached hydrogens (tertiary/aromatic N) is 3. The molecule has 2 fully saturated rings. The van der Waals surface area contributed by atoms with Crippen molar-refractivity contribution >= 4 is 17.3 Å². The number of rotatable bonds is 3. The molecule has 0 radical (unpaired) electrons. The van der Waals surface area contributed by atoms with Crippen molar-refractivity contribution in [1.82, 2.24) is 4.90 Å². The molecule has 0 spiro atoms. The zero-order valence-corrected chi connectivity index (χ0v) is 14.2. The molecule has 0 atom stereocenters. The molecule has 6 heteroatoms. The molecule has 1 aromatic carbocycles. The van der Waals surface area contributed by atoms with Crippen LogP contribution in [0.5, 0.6) is 0 Å². The van der Waals surface area contributed by atoms with Gasteiger partial charge in [-0.1, -0.05) is 19.1 Å². The summed E-state index contributed by atoms with van der Waals surface area (Å²) in [5, 5.41) is 11.2. The lowest BCUT2D eigenvalue weighted by Crippen LogP contribution is -2.45. The molecule has 1 aromatic rings. The first kappa shape index (κ1) is 16.7. The SMILES string of the molecule is CC1CCN(C(=O)C2CCN(c3ccccc3[N+](=O)[O-])CC2)CC1. The highest BCUT2D eigenvalue weighted by Gasteiger charge is 2.31. The number of nitro groups is 1. The highest BCUT2D eigenvalue weighted by atomic mass is 16.6. The Kier molecular flexibility index (Phi) is 5.02. The summed E-state index contributed by atoms with van der Waals surface area (Å²) in [6, 6.07) is 6.86. The summed E-state index contributed by atoms with van der Waals surface area (Å²) in [6.07, 6.45) is 3.75. The lowest BCUT2D eigenvalue weighted by Gasteiger charge is -2.37. The van der Waals surface area contributed by atoms with Crippen LogP contribution in [0.4, 0.5) is 11.4 Å². The minimum atomic E-state index is -0.332. The van der Waals surface area contributed by atoms with Crippen molar-refractivity contribution in [2.24, 2.45) is 11.8 Å². The van der Waals surface area contributed by atoms with Gasteiger partial charge >= 0.3 is 0 Å². The largest absolute Gasteiger partial charge is 0.366 e. The van der Waals surface area contributed by atoms with E-state index in [1.165, 1.54) is 0 Å². The van der Waals surface area contributed by atoms with Gasteiger partial charge in [0.25, 0.3) is 5.69 Å². The van der Waals surface area contributed by atoms with Crippen LogP contribution in [-0.2, 0) is 4.79 Å². The molecule has 2 saturated heterocycles. The van der Waals surface area contributed by atoms with Gasteiger partial charge in [0.1, 0.15) is 5.69 Å². The molecule has 0 saturated carbocycles. The summed E-state index contributed by atoms with van der Waals surface area (Å²) < 4.78 is 0. The van der Waals surface area contributed by atoms with Crippen LogP contribution in [-0.4, -0.2) is 41.9 Å². The smallest absolute Gasteiger partial charge is 0.292 e. The number of likely N-dealkylation sites (tertiary alicyclic amines) is 1. The van der Waals surface area contributed by atoms with Gasteiger partial charge in [0.2, 0.25) is 5.91 Å². The van der Waals surface area contributed by atoms with Gasteiger partial charge in [-0.3, -0.25) is 14.9 Å². The fourth-order valence-corrected chi connectivity index (χ4v) is 3.74. The van der Waals surface area contributed by atoms with Crippen molar-refractivity contribution in [2.75, 3.05) is 31.1 Å². The Morgan fingerprint density at radius 3 is 2.33 bits per heavy atom. The summed E-state index contributed by atoms with van der Waals surface area (Å²) in [5.74, 6) is 1.07. The average Bonchev–Trinajstić information content (AvgIpc) is 2.62. The quantitative estimate of drug-likeness (QED) is 0.630. The van der Waals surface area contributed by atoms with Crippen LogP contribution >= 0.6 is 0 Å². The maximum absolute atomic E-state index is 12.7. The number of carbonyl (C=O) groups is 1. The molecule has 0 aromatic heterocycles. The Balaban J connectivity index is 1.60. The molecule has 1 amide bonds. The molecule has 2 aliphatic heterocycles. The Morgan fingerprint density at radius 1 is 1.08 bits per heavy atom. The molecule has 2 heterocycles. The minimum absolute atomic E-state index is 0.0671. The molecule has 0 unspecified atom stereocenters. The molecule has 2 aliphatic rings. The van der Waals surface area contributed by atoms with Crippen molar-refractivity contribution in [3.05, 3.63) is 34.4 Å². The number of nitro benzene ring substituents is 1. The lowest BCUT2D eigenvalue weighted by molar-refractivity contribution is -0.384. The third-order valence-electron chi connectivity index (χ3n) is 5.36. The van der Waals surface area contributed by atoms with Crippen LogP contribution in [0.2, 0.25) is 0 Å². The number of benzene rings is 1. The van der Waals surface area contributed by atoms with Gasteiger partial charge in [0, 0.05) is 38.2 Å². The highest BCUT2D eigenvalue weighted by molar-refractivity contribution is 5.79. The van der Waals surface area contributed by atoms with Gasteiger partial charge < -0.3 is 9.80 Å². The van der Waals surface area contributed by atoms with Crippen molar-refractivity contribution in [3.8, 4) is 0 Å². The van der Waals surface area contributed by atoms with Crippen LogP contribution in [0.15, 0.2) is 24.3 Å². The maximum atomic E-state index is 12.7. The normalized spacial score (nSPS) is 20.2. The van der Waals surface area contributed by atoms with E-state index in [4.69, 9.17) is 0 Å². The monoisotopic (exact) mass is 331 g/mol. The van der Waals surface area contributed by atoms with Crippen LogP contribution in [0.1, 0.15) is 32.6 Å². The predicted molar refractivity (Wildman–Crippen MR) is 93.0 cm³/mol. The van der Waals surface area contributed by atoms with Gasteiger partial charge in [-0.25, -0.2) is 0 Å². The fourth-order valence-electron chi connectivity index (χ4n) is 3.74. The maximum Gasteiger partial charge on any atom is 0.292 e. The van der Waals surface area contributed by atoms with Gasteiger partial charge in [0.15, 0.2) is 0 Å². The van der Waals surface area contributed by atoms with E-state index in [2.05, 4.69) is 6.92 Å². The van der Waals surface area contributed by atoms with Crippen molar-refractivity contribution in [1.29, 1.82) is 0 Å². The Bertz CT molecular complexity index is 603. The third kappa shape index (κ3) is 3.52. The van der Waals surface area contributed by atoms with E-state index >= 15 is 0 Å². The van der Waals surface area contributed by atoms with E-state index in [0.717, 1.165) is 44.7 Å². The van der Waals surface area contributed by atoms with Crippen LogP contribution in [0.3, 0.4) is 0 Å². The standard InChI is InChI=1S/C18H25N3O3/c1-14-6-10-20(11-7-14)18(22)15-8-12-19(13-9-15)16-4-2-3-5-17(16)21(23)24/h2-5,14-15H,6-13H2,1H3. The fraction of sp³-hybridized carbons (Fsp3) is 0.611. The summed E-state index contributed by atoms with van der Waals surface area (Å²) in [7, 11) is 0. The van der Waals surface area contributed by atoms with E-state index in [1.54, 1.807) is 18.2 Å². The molecule has 3 rings (SSSR count). The van der Waals surface area contributed by atoms with E-state index < -0.39 is 0 Å². The van der Waals surface area contributed by atoms with Gasteiger partial charge in [0.05, 0.1) is 4.92 Å². The number of carbonyl (C=O) groups excluding carboxylic acids is 1. The molecule has 6 nitrogen and oxygen atoms in total.